The van der Waals surface area contributed by atoms with Crippen LogP contribution >= 0.6 is 0 Å². The van der Waals surface area contributed by atoms with Crippen LogP contribution in [0.4, 0.5) is 17.2 Å². The second-order valence-corrected chi connectivity index (χ2v) is 5.55. The maximum Gasteiger partial charge on any atom is 0.293 e. The van der Waals surface area contributed by atoms with Gasteiger partial charge < -0.3 is 10.6 Å². The van der Waals surface area contributed by atoms with Crippen LogP contribution in [0, 0.1) is 10.1 Å². The molecule has 0 fully saturated rings. The van der Waals surface area contributed by atoms with Crippen molar-refractivity contribution in [1.29, 1.82) is 0 Å². The first-order valence-corrected chi connectivity index (χ1v) is 7.93. The number of fused-ring (bicyclic) bond motifs is 1. The normalized spacial score (nSPS) is 11.9. The molecule has 0 aliphatic rings. The molecule has 0 spiro atoms. The minimum absolute atomic E-state index is 0.00114. The Kier molecular flexibility index (Phi) is 4.69. The van der Waals surface area contributed by atoms with Crippen molar-refractivity contribution in [2.45, 2.75) is 19.9 Å². The van der Waals surface area contributed by atoms with Crippen molar-refractivity contribution in [2.24, 2.45) is 0 Å². The average Bonchev–Trinajstić information content (AvgIpc) is 2.62. The van der Waals surface area contributed by atoms with Gasteiger partial charge in [-0.2, -0.15) is 0 Å². The van der Waals surface area contributed by atoms with Gasteiger partial charge in [-0.25, -0.2) is 9.97 Å². The molecule has 2 N–H and O–H groups in total. The van der Waals surface area contributed by atoms with Gasteiger partial charge in [0, 0.05) is 30.4 Å². The van der Waals surface area contributed by atoms with Crippen LogP contribution in [0.2, 0.25) is 0 Å². The minimum Gasteiger partial charge on any atom is -0.380 e. The van der Waals surface area contributed by atoms with E-state index in [9.17, 15) is 10.1 Å². The molecule has 0 aliphatic heterocycles. The van der Waals surface area contributed by atoms with E-state index in [-0.39, 0.29) is 11.7 Å². The first-order chi connectivity index (χ1) is 12.1. The van der Waals surface area contributed by atoms with Gasteiger partial charge in [0.15, 0.2) is 0 Å². The molecule has 3 aromatic rings. The number of benzene rings is 1. The third-order valence-electron chi connectivity index (χ3n) is 3.85. The van der Waals surface area contributed by atoms with Crippen LogP contribution in [0.15, 0.2) is 43.0 Å². The highest BCUT2D eigenvalue weighted by Crippen LogP contribution is 2.32. The summed E-state index contributed by atoms with van der Waals surface area (Å²) in [5, 5.41) is 18.3. The molecule has 2 aromatic heterocycles. The molecule has 0 saturated heterocycles. The first-order valence-electron chi connectivity index (χ1n) is 7.93. The second kappa shape index (κ2) is 7.08. The summed E-state index contributed by atoms with van der Waals surface area (Å²) in [4.78, 5) is 23.6. The van der Waals surface area contributed by atoms with Gasteiger partial charge in [0.05, 0.1) is 16.5 Å². The predicted octanol–water partition coefficient (Wildman–Crippen LogP) is 3.54. The summed E-state index contributed by atoms with van der Waals surface area (Å²) in [5.41, 5.74) is 2.08. The third-order valence-corrected chi connectivity index (χ3v) is 3.85. The van der Waals surface area contributed by atoms with Crippen molar-refractivity contribution in [3.63, 3.8) is 0 Å². The Balaban J connectivity index is 2.04. The van der Waals surface area contributed by atoms with Crippen LogP contribution in [0.5, 0.6) is 0 Å². The van der Waals surface area contributed by atoms with Crippen molar-refractivity contribution < 1.29 is 4.92 Å². The highest BCUT2D eigenvalue weighted by atomic mass is 16.6. The van der Waals surface area contributed by atoms with Gasteiger partial charge in [-0.15, -0.1) is 0 Å². The van der Waals surface area contributed by atoms with Crippen LogP contribution in [0.3, 0.4) is 0 Å². The number of hydrogen-bond donors (Lipinski definition) is 2. The molecule has 0 radical (unpaired) electrons. The summed E-state index contributed by atoms with van der Waals surface area (Å²) in [5.74, 6) is 0.549. The molecular weight excluding hydrogens is 320 g/mol. The number of nitrogens with zero attached hydrogens (tertiary/aromatic N) is 4. The summed E-state index contributed by atoms with van der Waals surface area (Å²) in [6.07, 6.45) is 4.93. The second-order valence-electron chi connectivity index (χ2n) is 5.55. The smallest absolute Gasteiger partial charge is 0.293 e. The molecule has 25 heavy (non-hydrogen) atoms. The van der Waals surface area contributed by atoms with Gasteiger partial charge in [0.1, 0.15) is 17.8 Å². The quantitative estimate of drug-likeness (QED) is 0.523. The lowest BCUT2D eigenvalue weighted by atomic mass is 10.1. The van der Waals surface area contributed by atoms with Gasteiger partial charge in [0.25, 0.3) is 5.69 Å². The van der Waals surface area contributed by atoms with E-state index in [1.807, 2.05) is 26.0 Å². The Morgan fingerprint density at radius 3 is 2.84 bits per heavy atom. The Morgan fingerprint density at radius 2 is 2.16 bits per heavy atom. The van der Waals surface area contributed by atoms with Crippen LogP contribution in [-0.4, -0.2) is 26.4 Å². The van der Waals surface area contributed by atoms with Gasteiger partial charge in [-0.3, -0.25) is 15.1 Å². The molecule has 0 aliphatic carbocycles. The Bertz CT molecular complexity index is 900. The number of anilines is 2. The summed E-state index contributed by atoms with van der Waals surface area (Å²) in [7, 11) is 0. The minimum atomic E-state index is -0.404. The van der Waals surface area contributed by atoms with E-state index in [4.69, 9.17) is 0 Å². The molecule has 8 heteroatoms. The summed E-state index contributed by atoms with van der Waals surface area (Å²) < 4.78 is 0. The van der Waals surface area contributed by atoms with Gasteiger partial charge in [-0.05, 0) is 31.5 Å². The standard InChI is InChI=1S/C17H18N6O2/c1-3-19-15-8-14-13(7-16(15)23(24)25)17(21-10-20-14)22-11(2)12-5-4-6-18-9-12/h4-11,19H,3H2,1-2H3,(H,20,21,22). The van der Waals surface area contributed by atoms with Crippen LogP contribution in [-0.2, 0) is 0 Å². The number of rotatable bonds is 6. The molecule has 0 saturated carbocycles. The van der Waals surface area contributed by atoms with E-state index in [0.29, 0.717) is 29.0 Å². The Labute approximate surface area is 144 Å². The maximum atomic E-state index is 11.4. The van der Waals surface area contributed by atoms with Gasteiger partial charge in [-0.1, -0.05) is 6.07 Å². The van der Waals surface area contributed by atoms with Crippen LogP contribution < -0.4 is 10.6 Å². The van der Waals surface area contributed by atoms with E-state index < -0.39 is 4.92 Å². The number of aromatic nitrogens is 3. The Hall–Kier alpha value is -3.29. The summed E-state index contributed by atoms with van der Waals surface area (Å²) in [6.45, 7) is 4.45. The Morgan fingerprint density at radius 1 is 1.32 bits per heavy atom. The zero-order valence-corrected chi connectivity index (χ0v) is 13.9. The first kappa shape index (κ1) is 16.6. The predicted molar refractivity (Wildman–Crippen MR) is 96.6 cm³/mol. The number of nitro groups is 1. The molecule has 1 atom stereocenters. The fourth-order valence-corrected chi connectivity index (χ4v) is 2.61. The average molecular weight is 338 g/mol. The molecule has 3 rings (SSSR count). The molecule has 8 nitrogen and oxygen atoms in total. The van der Waals surface area contributed by atoms with Crippen LogP contribution in [0.25, 0.3) is 10.9 Å². The number of nitro benzene ring substituents is 1. The van der Waals surface area contributed by atoms with Crippen LogP contribution in [0.1, 0.15) is 25.5 Å². The van der Waals surface area contributed by atoms with Crippen molar-refractivity contribution in [3.8, 4) is 0 Å². The molecular formula is C17H18N6O2. The van der Waals surface area contributed by atoms with E-state index >= 15 is 0 Å². The molecule has 1 unspecified atom stereocenters. The molecule has 1 aromatic carbocycles. The monoisotopic (exact) mass is 338 g/mol. The number of nitrogens with one attached hydrogen (secondary N) is 2. The maximum absolute atomic E-state index is 11.4. The van der Waals surface area contributed by atoms with Crippen molar-refractivity contribution in [1.82, 2.24) is 15.0 Å². The van der Waals surface area contributed by atoms with Crippen molar-refractivity contribution in [3.05, 3.63) is 58.7 Å². The fourth-order valence-electron chi connectivity index (χ4n) is 2.61. The fraction of sp³-hybridized carbons (Fsp3) is 0.235. The largest absolute Gasteiger partial charge is 0.380 e. The molecule has 2 heterocycles. The molecule has 0 amide bonds. The van der Waals surface area contributed by atoms with E-state index in [1.54, 1.807) is 18.5 Å². The SMILES string of the molecule is CCNc1cc2ncnc(NC(C)c3cccnc3)c2cc1[N+](=O)[O-]. The zero-order chi connectivity index (χ0) is 17.8. The zero-order valence-electron chi connectivity index (χ0n) is 13.9. The van der Waals surface area contributed by atoms with E-state index in [1.165, 1.54) is 12.4 Å². The van der Waals surface area contributed by atoms with Gasteiger partial charge in [0.2, 0.25) is 0 Å². The highest BCUT2D eigenvalue weighted by molar-refractivity contribution is 5.94. The van der Waals surface area contributed by atoms with Crippen molar-refractivity contribution >= 4 is 28.1 Å². The molecule has 0 bridgehead atoms. The number of hydrogen-bond acceptors (Lipinski definition) is 7. The summed E-state index contributed by atoms with van der Waals surface area (Å²) in [6, 6.07) is 6.95. The van der Waals surface area contributed by atoms with E-state index in [2.05, 4.69) is 25.6 Å². The number of pyridine rings is 1. The molecule has 128 valence electrons. The topological polar surface area (TPSA) is 106 Å². The van der Waals surface area contributed by atoms with Gasteiger partial charge >= 0.3 is 0 Å². The lowest BCUT2D eigenvalue weighted by Crippen LogP contribution is -2.09. The third kappa shape index (κ3) is 3.47. The lowest BCUT2D eigenvalue weighted by Gasteiger charge is -2.16. The van der Waals surface area contributed by atoms with Crippen molar-refractivity contribution in [2.75, 3.05) is 17.2 Å². The van der Waals surface area contributed by atoms with E-state index in [0.717, 1.165) is 5.56 Å². The highest BCUT2D eigenvalue weighted by Gasteiger charge is 2.18. The lowest BCUT2D eigenvalue weighted by molar-refractivity contribution is -0.383. The summed E-state index contributed by atoms with van der Waals surface area (Å²) >= 11 is 0.